The number of halogens is 4. The predicted molar refractivity (Wildman–Crippen MR) is 99.0 cm³/mol. The van der Waals surface area contributed by atoms with Gasteiger partial charge in [-0.2, -0.15) is 0 Å². The van der Waals surface area contributed by atoms with Crippen LogP contribution in [0.1, 0.15) is 36.0 Å². The van der Waals surface area contributed by atoms with Gasteiger partial charge in [-0.3, -0.25) is 4.79 Å². The first-order valence-electron chi connectivity index (χ1n) is 8.51. The molecular formula is C16H21BrF3N3O4S. The van der Waals surface area contributed by atoms with Crippen molar-refractivity contribution in [2.24, 2.45) is 22.7 Å². The second kappa shape index (κ2) is 8.97. The first-order chi connectivity index (χ1) is 12.9. The van der Waals surface area contributed by atoms with Gasteiger partial charge in [0.2, 0.25) is 10.0 Å². The van der Waals surface area contributed by atoms with Crippen molar-refractivity contribution < 1.29 is 31.1 Å². The smallest absolute Gasteiger partial charge is 0.403 e. The summed E-state index contributed by atoms with van der Waals surface area (Å²) in [6.45, 7) is 0.856. The molecular weight excluding hydrogens is 467 g/mol. The molecule has 1 saturated carbocycles. The maximum absolute atomic E-state index is 12.8. The molecule has 1 aliphatic rings. The molecule has 0 aromatic heterocycles. The van der Waals surface area contributed by atoms with Gasteiger partial charge in [0.1, 0.15) is 4.90 Å². The van der Waals surface area contributed by atoms with Gasteiger partial charge < -0.3 is 15.8 Å². The molecule has 1 aromatic carbocycles. The lowest BCUT2D eigenvalue weighted by Gasteiger charge is -2.27. The van der Waals surface area contributed by atoms with Crippen molar-refractivity contribution in [1.82, 2.24) is 5.32 Å². The highest BCUT2D eigenvalue weighted by Crippen LogP contribution is 2.37. The zero-order chi connectivity index (χ0) is 21.1. The highest BCUT2D eigenvalue weighted by Gasteiger charge is 2.37. The fourth-order valence-electron chi connectivity index (χ4n) is 3.20. The number of amides is 1. The molecule has 0 heterocycles. The summed E-state index contributed by atoms with van der Waals surface area (Å²) in [6, 6.07) is 2.17. The van der Waals surface area contributed by atoms with Crippen LogP contribution in [0.2, 0.25) is 0 Å². The van der Waals surface area contributed by atoms with E-state index in [1.165, 1.54) is 0 Å². The molecule has 7 nitrogen and oxygen atoms in total. The van der Waals surface area contributed by atoms with E-state index in [9.17, 15) is 26.4 Å². The Balaban J connectivity index is 2.25. The van der Waals surface area contributed by atoms with Crippen molar-refractivity contribution in [2.75, 3.05) is 13.1 Å². The summed E-state index contributed by atoms with van der Waals surface area (Å²) in [5, 5.41) is 7.57. The zero-order valence-corrected chi connectivity index (χ0v) is 17.2. The SMILES string of the molecule is NCC1CCC(CNC(=O)c2ccc(Br)c(S(N)(=O)=O)c2OC(F)(F)F)CC1. The van der Waals surface area contributed by atoms with Gasteiger partial charge >= 0.3 is 6.36 Å². The summed E-state index contributed by atoms with van der Waals surface area (Å²) in [7, 11) is -4.60. The van der Waals surface area contributed by atoms with Crippen LogP contribution in [-0.4, -0.2) is 33.8 Å². The van der Waals surface area contributed by atoms with Gasteiger partial charge in [-0.05, 0) is 72.1 Å². The highest BCUT2D eigenvalue weighted by molar-refractivity contribution is 9.10. The van der Waals surface area contributed by atoms with E-state index in [-0.39, 0.29) is 16.9 Å². The Bertz CT molecular complexity index is 825. The van der Waals surface area contributed by atoms with Crippen LogP contribution in [0.5, 0.6) is 5.75 Å². The van der Waals surface area contributed by atoms with Crippen LogP contribution in [0, 0.1) is 11.8 Å². The molecule has 0 radical (unpaired) electrons. The summed E-state index contributed by atoms with van der Waals surface area (Å²) < 4.78 is 65.6. The number of carbonyl (C=O) groups is 1. The first kappa shape index (κ1) is 22.9. The van der Waals surface area contributed by atoms with Crippen molar-refractivity contribution in [1.29, 1.82) is 0 Å². The Morgan fingerprint density at radius 2 is 1.79 bits per heavy atom. The minimum absolute atomic E-state index is 0.173. The molecule has 0 atom stereocenters. The molecule has 1 fully saturated rings. The molecule has 12 heteroatoms. The van der Waals surface area contributed by atoms with Gasteiger partial charge in [-0.15, -0.1) is 13.2 Å². The molecule has 158 valence electrons. The van der Waals surface area contributed by atoms with Gasteiger partial charge in [0.05, 0.1) is 5.56 Å². The molecule has 2 rings (SSSR count). The van der Waals surface area contributed by atoms with Crippen molar-refractivity contribution in [3.8, 4) is 5.75 Å². The molecule has 0 aliphatic heterocycles. The van der Waals surface area contributed by atoms with E-state index in [1.54, 1.807) is 0 Å². The number of nitrogens with two attached hydrogens (primary N) is 2. The largest absolute Gasteiger partial charge is 0.573 e. The zero-order valence-electron chi connectivity index (χ0n) is 14.8. The summed E-state index contributed by atoms with van der Waals surface area (Å²) >= 11 is 2.84. The Hall–Kier alpha value is -1.37. The van der Waals surface area contributed by atoms with Gasteiger partial charge in [-0.25, -0.2) is 13.6 Å². The molecule has 28 heavy (non-hydrogen) atoms. The van der Waals surface area contributed by atoms with Crippen molar-refractivity contribution >= 4 is 31.9 Å². The molecule has 1 aliphatic carbocycles. The summed E-state index contributed by atoms with van der Waals surface area (Å²) in [4.78, 5) is 11.5. The number of hydrogen-bond donors (Lipinski definition) is 3. The fraction of sp³-hybridized carbons (Fsp3) is 0.562. The average Bonchev–Trinajstić information content (AvgIpc) is 2.57. The molecule has 0 saturated heterocycles. The molecule has 5 N–H and O–H groups in total. The molecule has 0 spiro atoms. The van der Waals surface area contributed by atoms with Gasteiger partial charge in [0, 0.05) is 11.0 Å². The van der Waals surface area contributed by atoms with Crippen molar-refractivity contribution in [3.63, 3.8) is 0 Å². The maximum atomic E-state index is 12.8. The Labute approximate surface area is 169 Å². The van der Waals surface area contributed by atoms with Crippen LogP contribution >= 0.6 is 15.9 Å². The summed E-state index contributed by atoms with van der Waals surface area (Å²) in [6.07, 6.45) is -1.68. The maximum Gasteiger partial charge on any atom is 0.573 e. The van der Waals surface area contributed by atoms with Crippen molar-refractivity contribution in [3.05, 3.63) is 22.2 Å². The number of benzene rings is 1. The number of nitrogens with one attached hydrogen (secondary N) is 1. The number of primary sulfonamides is 1. The van der Waals surface area contributed by atoms with E-state index >= 15 is 0 Å². The second-order valence-corrected chi connectivity index (χ2v) is 9.03. The van der Waals surface area contributed by atoms with Gasteiger partial charge in [0.15, 0.2) is 5.75 Å². The lowest BCUT2D eigenvalue weighted by Crippen LogP contribution is -2.33. The number of alkyl halides is 3. The minimum Gasteiger partial charge on any atom is -0.403 e. The van der Waals surface area contributed by atoms with Crippen LogP contribution in [0.3, 0.4) is 0 Å². The van der Waals surface area contributed by atoms with Gasteiger partial charge in [0.25, 0.3) is 5.91 Å². The van der Waals surface area contributed by atoms with E-state index in [2.05, 4.69) is 26.0 Å². The molecule has 1 amide bonds. The lowest BCUT2D eigenvalue weighted by atomic mass is 9.82. The predicted octanol–water partition coefficient (Wildman–Crippen LogP) is 2.49. The normalized spacial score (nSPS) is 20.6. The first-order valence-corrected chi connectivity index (χ1v) is 10.9. The minimum atomic E-state index is -5.21. The van der Waals surface area contributed by atoms with Crippen LogP contribution < -0.4 is 20.9 Å². The van der Waals surface area contributed by atoms with E-state index in [0.29, 0.717) is 12.5 Å². The monoisotopic (exact) mass is 487 g/mol. The topological polar surface area (TPSA) is 125 Å². The van der Waals surface area contributed by atoms with Gasteiger partial charge in [-0.1, -0.05) is 0 Å². The molecule has 0 unspecified atom stereocenters. The van der Waals surface area contributed by atoms with Crippen LogP contribution in [-0.2, 0) is 10.0 Å². The van der Waals surface area contributed by atoms with Crippen LogP contribution in [0.15, 0.2) is 21.5 Å². The van der Waals surface area contributed by atoms with Crippen LogP contribution in [0.4, 0.5) is 13.2 Å². The van der Waals surface area contributed by atoms with E-state index in [0.717, 1.165) is 37.8 Å². The fourth-order valence-corrected chi connectivity index (χ4v) is 4.94. The number of sulfonamides is 1. The standard InChI is InChI=1S/C16H21BrF3N3O4S/c17-12-6-5-11(13(27-16(18,19)20)14(12)28(22,25)26)15(24)23-8-10-3-1-9(7-21)2-4-10/h5-6,9-10H,1-4,7-8,21H2,(H,23,24)(H2,22,25,26). The third kappa shape index (κ3) is 6.06. The number of rotatable bonds is 6. The van der Waals surface area contributed by atoms with Crippen LogP contribution in [0.25, 0.3) is 0 Å². The Kier molecular flexibility index (Phi) is 7.34. The number of carbonyl (C=O) groups excluding carboxylic acids is 1. The van der Waals surface area contributed by atoms with E-state index in [4.69, 9.17) is 10.9 Å². The van der Waals surface area contributed by atoms with E-state index < -0.39 is 38.5 Å². The Morgan fingerprint density at radius 1 is 1.21 bits per heavy atom. The highest BCUT2D eigenvalue weighted by atomic mass is 79.9. The molecule has 0 bridgehead atoms. The van der Waals surface area contributed by atoms with E-state index in [1.807, 2.05) is 0 Å². The quantitative estimate of drug-likeness (QED) is 0.568. The summed E-state index contributed by atoms with van der Waals surface area (Å²) in [5.41, 5.74) is 5.07. The number of ether oxygens (including phenoxy) is 1. The number of hydrogen-bond acceptors (Lipinski definition) is 5. The lowest BCUT2D eigenvalue weighted by molar-refractivity contribution is -0.275. The summed E-state index contributed by atoms with van der Waals surface area (Å²) in [5.74, 6) is -1.42. The average molecular weight is 488 g/mol. The van der Waals surface area contributed by atoms with Crippen molar-refractivity contribution in [2.45, 2.75) is 36.9 Å². The third-order valence-electron chi connectivity index (χ3n) is 4.66. The second-order valence-electron chi connectivity index (χ2n) is 6.68. The Morgan fingerprint density at radius 3 is 2.29 bits per heavy atom. The third-order valence-corrected chi connectivity index (χ3v) is 6.56. The molecule has 1 aromatic rings.